The number of nitrogens with one attached hydrogen (secondary N) is 1. The Hall–Kier alpha value is -3.46. The highest BCUT2D eigenvalue weighted by atomic mass is 32.2. The SMILES string of the molecule is CCc1cccc(CC)c1-n1c(SC(CC)C(=O)Nc2cc(C)on2)nnc1-c1cccnc1. The molecule has 34 heavy (non-hydrogen) atoms. The van der Waals surface area contributed by atoms with E-state index in [2.05, 4.69) is 62.3 Å². The van der Waals surface area contributed by atoms with Gasteiger partial charge in [-0.3, -0.25) is 14.3 Å². The lowest BCUT2D eigenvalue weighted by atomic mass is 10.0. The smallest absolute Gasteiger partial charge is 0.239 e. The Bertz CT molecular complexity index is 1250. The maximum Gasteiger partial charge on any atom is 0.239 e. The Morgan fingerprint density at radius 2 is 1.88 bits per heavy atom. The minimum Gasteiger partial charge on any atom is -0.360 e. The topological polar surface area (TPSA) is 98.7 Å². The number of amides is 1. The first-order valence-electron chi connectivity index (χ1n) is 11.4. The highest BCUT2D eigenvalue weighted by Crippen LogP contribution is 2.34. The number of hydrogen-bond donors (Lipinski definition) is 1. The van der Waals surface area contributed by atoms with Crippen LogP contribution >= 0.6 is 11.8 Å². The van der Waals surface area contributed by atoms with Crippen LogP contribution in [0.15, 0.2) is 58.5 Å². The molecule has 1 amide bonds. The summed E-state index contributed by atoms with van der Waals surface area (Å²) in [6.07, 6.45) is 5.85. The monoisotopic (exact) mass is 476 g/mol. The molecular weight excluding hydrogens is 448 g/mol. The molecule has 8 nitrogen and oxygen atoms in total. The number of para-hydroxylation sites is 1. The summed E-state index contributed by atoms with van der Waals surface area (Å²) in [4.78, 5) is 17.3. The molecule has 0 radical (unpaired) electrons. The summed E-state index contributed by atoms with van der Waals surface area (Å²) >= 11 is 1.40. The maximum absolute atomic E-state index is 13.0. The number of thioether (sulfide) groups is 1. The Morgan fingerprint density at radius 3 is 2.47 bits per heavy atom. The number of nitrogens with zero attached hydrogens (tertiary/aromatic N) is 5. The van der Waals surface area contributed by atoms with E-state index in [0.29, 0.717) is 29.0 Å². The Morgan fingerprint density at radius 1 is 1.12 bits per heavy atom. The number of hydrogen-bond acceptors (Lipinski definition) is 7. The standard InChI is InChI=1S/C25H28N6O2S/c1-5-17-10-8-11-18(6-2)22(17)31-23(19-12-9-13-26-15-19)28-29-25(31)34-20(7-3)24(32)27-21-14-16(4)33-30-21/h8-15,20H,5-7H2,1-4H3,(H,27,30,32). The molecule has 0 bridgehead atoms. The first-order chi connectivity index (χ1) is 16.5. The van der Waals surface area contributed by atoms with Gasteiger partial charge in [0.2, 0.25) is 5.91 Å². The van der Waals surface area contributed by atoms with Crippen LogP contribution in [0.3, 0.4) is 0 Å². The minimum absolute atomic E-state index is 0.155. The Balaban J connectivity index is 1.78. The lowest BCUT2D eigenvalue weighted by Gasteiger charge is -2.19. The van der Waals surface area contributed by atoms with Gasteiger partial charge in [-0.2, -0.15) is 0 Å². The van der Waals surface area contributed by atoms with Gasteiger partial charge in [0.05, 0.1) is 10.9 Å². The number of carbonyl (C=O) groups excluding carboxylic acids is 1. The van der Waals surface area contributed by atoms with E-state index in [-0.39, 0.29) is 11.2 Å². The summed E-state index contributed by atoms with van der Waals surface area (Å²) < 4.78 is 7.15. The molecule has 176 valence electrons. The fraction of sp³-hybridized carbons (Fsp3) is 0.320. The van der Waals surface area contributed by atoms with Crippen molar-refractivity contribution in [2.24, 2.45) is 0 Å². The van der Waals surface area contributed by atoms with Crippen LogP contribution in [0.1, 0.15) is 44.1 Å². The predicted octanol–water partition coefficient (Wildman–Crippen LogP) is 5.26. The van der Waals surface area contributed by atoms with Crippen LogP contribution in [0.5, 0.6) is 0 Å². The average molecular weight is 477 g/mol. The molecule has 3 heterocycles. The molecule has 1 aromatic carbocycles. The van der Waals surface area contributed by atoms with Gasteiger partial charge < -0.3 is 9.84 Å². The van der Waals surface area contributed by atoms with Crippen LogP contribution < -0.4 is 5.32 Å². The Labute approximate surface area is 203 Å². The van der Waals surface area contributed by atoms with Crippen molar-refractivity contribution in [1.82, 2.24) is 24.9 Å². The van der Waals surface area contributed by atoms with Crippen molar-refractivity contribution in [3.05, 3.63) is 65.7 Å². The van der Waals surface area contributed by atoms with Crippen molar-refractivity contribution >= 4 is 23.5 Å². The summed E-state index contributed by atoms with van der Waals surface area (Å²) in [6.45, 7) is 8.04. The van der Waals surface area contributed by atoms with Crippen molar-refractivity contribution in [1.29, 1.82) is 0 Å². The zero-order valence-corrected chi connectivity index (χ0v) is 20.6. The summed E-state index contributed by atoms with van der Waals surface area (Å²) in [5.41, 5.74) is 4.33. The van der Waals surface area contributed by atoms with Crippen molar-refractivity contribution in [3.8, 4) is 17.1 Å². The second kappa shape index (κ2) is 10.6. The van der Waals surface area contributed by atoms with Gasteiger partial charge in [0.15, 0.2) is 16.8 Å². The van der Waals surface area contributed by atoms with Crippen molar-refractivity contribution < 1.29 is 9.32 Å². The van der Waals surface area contributed by atoms with Gasteiger partial charge in [-0.05, 0) is 49.4 Å². The van der Waals surface area contributed by atoms with E-state index in [4.69, 9.17) is 4.52 Å². The van der Waals surface area contributed by atoms with Crippen LogP contribution in [-0.4, -0.2) is 36.1 Å². The summed E-state index contributed by atoms with van der Waals surface area (Å²) in [5, 5.41) is 16.1. The quantitative estimate of drug-likeness (QED) is 0.329. The van der Waals surface area contributed by atoms with E-state index in [1.165, 1.54) is 22.9 Å². The summed E-state index contributed by atoms with van der Waals surface area (Å²) in [7, 11) is 0. The van der Waals surface area contributed by atoms with Crippen molar-refractivity contribution in [2.75, 3.05) is 5.32 Å². The van der Waals surface area contributed by atoms with Gasteiger partial charge in [0.1, 0.15) is 5.76 Å². The third kappa shape index (κ3) is 4.89. The van der Waals surface area contributed by atoms with Gasteiger partial charge in [0.25, 0.3) is 0 Å². The van der Waals surface area contributed by atoms with Gasteiger partial charge in [-0.1, -0.05) is 55.9 Å². The fourth-order valence-electron chi connectivity index (χ4n) is 3.81. The number of aromatic nitrogens is 5. The normalized spacial score (nSPS) is 12.0. The first-order valence-corrected chi connectivity index (χ1v) is 12.3. The van der Waals surface area contributed by atoms with Crippen molar-refractivity contribution in [3.63, 3.8) is 0 Å². The van der Waals surface area contributed by atoms with E-state index in [1.54, 1.807) is 25.4 Å². The van der Waals surface area contributed by atoms with Crippen LogP contribution in [0.25, 0.3) is 17.1 Å². The van der Waals surface area contributed by atoms with E-state index in [0.717, 1.165) is 24.1 Å². The number of anilines is 1. The van der Waals surface area contributed by atoms with Crippen LogP contribution in [0, 0.1) is 6.92 Å². The van der Waals surface area contributed by atoms with Gasteiger partial charge in [-0.25, -0.2) is 0 Å². The van der Waals surface area contributed by atoms with Crippen LogP contribution in [-0.2, 0) is 17.6 Å². The minimum atomic E-state index is -0.388. The number of rotatable bonds is 9. The molecule has 0 saturated carbocycles. The average Bonchev–Trinajstić information content (AvgIpc) is 3.47. The molecule has 4 rings (SSSR count). The van der Waals surface area contributed by atoms with Crippen molar-refractivity contribution in [2.45, 2.75) is 57.4 Å². The molecule has 0 fully saturated rings. The zero-order valence-electron chi connectivity index (χ0n) is 19.8. The molecule has 0 saturated heterocycles. The number of carbonyl (C=O) groups is 1. The van der Waals surface area contributed by atoms with Crippen LogP contribution in [0.4, 0.5) is 5.82 Å². The largest absolute Gasteiger partial charge is 0.360 e. The number of benzene rings is 1. The van der Waals surface area contributed by atoms with Crippen LogP contribution in [0.2, 0.25) is 0 Å². The fourth-order valence-corrected chi connectivity index (χ4v) is 4.77. The lowest BCUT2D eigenvalue weighted by molar-refractivity contribution is -0.115. The summed E-state index contributed by atoms with van der Waals surface area (Å²) in [6, 6.07) is 11.9. The molecule has 1 N–H and O–H groups in total. The highest BCUT2D eigenvalue weighted by molar-refractivity contribution is 8.00. The predicted molar refractivity (Wildman–Crippen MR) is 133 cm³/mol. The number of pyridine rings is 1. The van der Waals surface area contributed by atoms with Gasteiger partial charge in [0, 0.05) is 24.0 Å². The second-order valence-corrected chi connectivity index (χ2v) is 9.01. The van der Waals surface area contributed by atoms with E-state index in [1.807, 2.05) is 19.1 Å². The van der Waals surface area contributed by atoms with Gasteiger partial charge in [-0.15, -0.1) is 10.2 Å². The molecule has 0 aliphatic rings. The molecule has 9 heteroatoms. The zero-order chi connectivity index (χ0) is 24.1. The molecule has 0 aliphatic carbocycles. The maximum atomic E-state index is 13.0. The molecule has 0 aliphatic heterocycles. The molecular formula is C25H28N6O2S. The van der Waals surface area contributed by atoms with E-state index in [9.17, 15) is 4.79 Å². The second-order valence-electron chi connectivity index (χ2n) is 7.84. The molecule has 4 aromatic rings. The Kier molecular flexibility index (Phi) is 7.42. The number of aryl methyl sites for hydroxylation is 3. The molecule has 1 unspecified atom stereocenters. The van der Waals surface area contributed by atoms with Gasteiger partial charge >= 0.3 is 0 Å². The highest BCUT2D eigenvalue weighted by Gasteiger charge is 2.26. The third-order valence-electron chi connectivity index (χ3n) is 5.53. The molecule has 0 spiro atoms. The molecule has 3 aromatic heterocycles. The lowest BCUT2D eigenvalue weighted by Crippen LogP contribution is -2.25. The molecule has 1 atom stereocenters. The summed E-state index contributed by atoms with van der Waals surface area (Å²) in [5.74, 6) is 1.59. The van der Waals surface area contributed by atoms with E-state index < -0.39 is 0 Å². The van der Waals surface area contributed by atoms with E-state index >= 15 is 0 Å². The third-order valence-corrected chi connectivity index (χ3v) is 6.84. The first kappa shape index (κ1) is 23.7.